The Morgan fingerprint density at radius 3 is 2.58 bits per heavy atom. The molecule has 3 rings (SSSR count). The van der Waals surface area contributed by atoms with E-state index in [0.29, 0.717) is 34.9 Å². The molecule has 0 fully saturated rings. The van der Waals surface area contributed by atoms with E-state index in [9.17, 15) is 4.79 Å². The fraction of sp³-hybridized carbons (Fsp3) is 0.320. The minimum absolute atomic E-state index is 0.141. The molecule has 1 amide bonds. The SMILES string of the molecule is C=CCn1c(SCC(=O)Nc2cccc(OC)c2)nnc1C(C)Oc1ccc(C(C)C)cc1. The van der Waals surface area contributed by atoms with Crippen LogP contribution >= 0.6 is 11.8 Å². The van der Waals surface area contributed by atoms with Crippen LogP contribution in [0.4, 0.5) is 5.69 Å². The first-order valence-corrected chi connectivity index (χ1v) is 11.8. The molecule has 2 aromatic carbocycles. The second-order valence-corrected chi connectivity index (χ2v) is 8.74. The molecular weight excluding hydrogens is 436 g/mol. The number of ether oxygens (including phenoxy) is 2. The lowest BCUT2D eigenvalue weighted by molar-refractivity contribution is -0.113. The third-order valence-electron chi connectivity index (χ3n) is 4.97. The Morgan fingerprint density at radius 2 is 1.91 bits per heavy atom. The van der Waals surface area contributed by atoms with Crippen LogP contribution in [0.5, 0.6) is 11.5 Å². The minimum atomic E-state index is -0.317. The van der Waals surface area contributed by atoms with E-state index in [4.69, 9.17) is 9.47 Å². The Bertz CT molecular complexity index is 1080. The van der Waals surface area contributed by atoms with Gasteiger partial charge < -0.3 is 14.8 Å². The van der Waals surface area contributed by atoms with E-state index in [0.717, 1.165) is 5.75 Å². The summed E-state index contributed by atoms with van der Waals surface area (Å²) in [6.07, 6.45) is 1.46. The highest BCUT2D eigenvalue weighted by atomic mass is 32.2. The van der Waals surface area contributed by atoms with Gasteiger partial charge in [0.15, 0.2) is 17.1 Å². The summed E-state index contributed by atoms with van der Waals surface area (Å²) >= 11 is 1.32. The maximum absolute atomic E-state index is 12.4. The summed E-state index contributed by atoms with van der Waals surface area (Å²) in [6, 6.07) is 15.3. The first kappa shape index (κ1) is 24.4. The number of carbonyl (C=O) groups excluding carboxylic acids is 1. The predicted molar refractivity (Wildman–Crippen MR) is 132 cm³/mol. The molecule has 0 radical (unpaired) electrons. The van der Waals surface area contributed by atoms with Crippen molar-refractivity contribution in [1.29, 1.82) is 0 Å². The molecule has 3 aromatic rings. The maximum Gasteiger partial charge on any atom is 0.234 e. The number of rotatable bonds is 11. The Morgan fingerprint density at radius 1 is 1.15 bits per heavy atom. The Labute approximate surface area is 199 Å². The van der Waals surface area contributed by atoms with Crippen LogP contribution in [0.3, 0.4) is 0 Å². The summed E-state index contributed by atoms with van der Waals surface area (Å²) in [4.78, 5) is 12.4. The van der Waals surface area contributed by atoms with E-state index in [1.165, 1.54) is 17.3 Å². The van der Waals surface area contributed by atoms with Gasteiger partial charge in [-0.2, -0.15) is 0 Å². The monoisotopic (exact) mass is 466 g/mol. The number of hydrogen-bond acceptors (Lipinski definition) is 6. The van der Waals surface area contributed by atoms with Gasteiger partial charge >= 0.3 is 0 Å². The van der Waals surface area contributed by atoms with E-state index in [2.05, 4.69) is 48.1 Å². The Hall–Kier alpha value is -3.26. The first-order chi connectivity index (χ1) is 15.9. The maximum atomic E-state index is 12.4. The molecule has 7 nitrogen and oxygen atoms in total. The van der Waals surface area contributed by atoms with Crippen molar-refractivity contribution >= 4 is 23.4 Å². The molecule has 0 saturated carbocycles. The average Bonchev–Trinajstić information content (AvgIpc) is 3.21. The van der Waals surface area contributed by atoms with E-state index >= 15 is 0 Å². The van der Waals surface area contributed by atoms with Crippen LogP contribution in [-0.2, 0) is 11.3 Å². The van der Waals surface area contributed by atoms with Crippen molar-refractivity contribution in [2.24, 2.45) is 0 Å². The lowest BCUT2D eigenvalue weighted by Gasteiger charge is -2.16. The molecule has 0 aliphatic rings. The quantitative estimate of drug-likeness (QED) is 0.298. The number of carbonyl (C=O) groups is 1. The highest BCUT2D eigenvalue weighted by Gasteiger charge is 2.20. The van der Waals surface area contributed by atoms with Crippen LogP contribution < -0.4 is 14.8 Å². The molecule has 0 aliphatic carbocycles. The largest absolute Gasteiger partial charge is 0.497 e. The fourth-order valence-electron chi connectivity index (χ4n) is 3.22. The summed E-state index contributed by atoms with van der Waals surface area (Å²) in [6.45, 7) is 10.6. The van der Waals surface area contributed by atoms with Crippen molar-refractivity contribution in [3.8, 4) is 11.5 Å². The van der Waals surface area contributed by atoms with Crippen molar-refractivity contribution in [3.63, 3.8) is 0 Å². The van der Waals surface area contributed by atoms with Gasteiger partial charge in [0, 0.05) is 18.3 Å². The number of aromatic nitrogens is 3. The highest BCUT2D eigenvalue weighted by Crippen LogP contribution is 2.26. The zero-order chi connectivity index (χ0) is 23.8. The molecule has 0 bridgehead atoms. The molecule has 0 aliphatic heterocycles. The van der Waals surface area contributed by atoms with Crippen molar-refractivity contribution in [2.75, 3.05) is 18.2 Å². The number of anilines is 1. The van der Waals surface area contributed by atoms with Gasteiger partial charge in [0.2, 0.25) is 5.91 Å². The number of methoxy groups -OCH3 is 1. The lowest BCUT2D eigenvalue weighted by atomic mass is 10.0. The number of hydrogen-bond donors (Lipinski definition) is 1. The third-order valence-corrected chi connectivity index (χ3v) is 5.93. The van der Waals surface area contributed by atoms with Gasteiger partial charge in [-0.25, -0.2) is 0 Å². The minimum Gasteiger partial charge on any atom is -0.497 e. The van der Waals surface area contributed by atoms with E-state index in [-0.39, 0.29) is 17.8 Å². The van der Waals surface area contributed by atoms with Crippen LogP contribution in [0.2, 0.25) is 0 Å². The zero-order valence-corrected chi connectivity index (χ0v) is 20.3. The van der Waals surface area contributed by atoms with Crippen LogP contribution in [0.1, 0.15) is 44.2 Å². The van der Waals surface area contributed by atoms with Crippen LogP contribution in [0, 0.1) is 0 Å². The van der Waals surface area contributed by atoms with Gasteiger partial charge in [-0.1, -0.05) is 49.9 Å². The van der Waals surface area contributed by atoms with E-state index < -0.39 is 0 Å². The molecule has 1 N–H and O–H groups in total. The molecule has 174 valence electrons. The van der Waals surface area contributed by atoms with Gasteiger partial charge in [-0.15, -0.1) is 16.8 Å². The number of nitrogens with one attached hydrogen (secondary N) is 1. The molecule has 1 atom stereocenters. The second-order valence-electron chi connectivity index (χ2n) is 7.79. The summed E-state index contributed by atoms with van der Waals surface area (Å²) in [7, 11) is 1.59. The van der Waals surface area contributed by atoms with E-state index in [1.807, 2.05) is 41.8 Å². The standard InChI is InChI=1S/C25H30N4O3S/c1-6-14-29-24(18(4)32-21-12-10-19(11-13-21)17(2)3)27-28-25(29)33-16-23(30)26-20-8-7-9-22(15-20)31-5/h6-13,15,17-18H,1,14,16H2,2-5H3,(H,26,30). The number of thioether (sulfide) groups is 1. The molecule has 1 aromatic heterocycles. The predicted octanol–water partition coefficient (Wildman–Crippen LogP) is 5.47. The average molecular weight is 467 g/mol. The molecule has 0 saturated heterocycles. The van der Waals surface area contributed by atoms with Crippen molar-refractivity contribution in [2.45, 2.75) is 44.5 Å². The summed E-state index contributed by atoms with van der Waals surface area (Å²) < 4.78 is 13.2. The van der Waals surface area contributed by atoms with Gasteiger partial charge in [-0.05, 0) is 42.7 Å². The molecule has 8 heteroatoms. The summed E-state index contributed by atoms with van der Waals surface area (Å²) in [5.41, 5.74) is 1.94. The molecule has 1 heterocycles. The smallest absolute Gasteiger partial charge is 0.234 e. The summed E-state index contributed by atoms with van der Waals surface area (Å²) in [5, 5.41) is 12.1. The molecule has 0 spiro atoms. The van der Waals surface area contributed by atoms with Crippen LogP contribution in [-0.4, -0.2) is 33.5 Å². The van der Waals surface area contributed by atoms with E-state index in [1.54, 1.807) is 19.3 Å². The van der Waals surface area contributed by atoms with Gasteiger partial charge in [0.1, 0.15) is 11.5 Å². The van der Waals surface area contributed by atoms with Crippen molar-refractivity contribution in [3.05, 3.63) is 72.6 Å². The number of nitrogens with zero attached hydrogens (tertiary/aromatic N) is 3. The Balaban J connectivity index is 1.65. The van der Waals surface area contributed by atoms with Gasteiger partial charge in [-0.3, -0.25) is 9.36 Å². The third kappa shape index (κ3) is 6.61. The van der Waals surface area contributed by atoms with Crippen LogP contribution in [0.25, 0.3) is 0 Å². The topological polar surface area (TPSA) is 78.3 Å². The fourth-order valence-corrected chi connectivity index (χ4v) is 3.98. The molecule has 33 heavy (non-hydrogen) atoms. The van der Waals surface area contributed by atoms with Gasteiger partial charge in [0.05, 0.1) is 12.9 Å². The molecular formula is C25H30N4O3S. The van der Waals surface area contributed by atoms with Crippen molar-refractivity contribution < 1.29 is 14.3 Å². The first-order valence-electron chi connectivity index (χ1n) is 10.8. The summed E-state index contributed by atoms with van der Waals surface area (Å²) in [5.74, 6) is 2.65. The van der Waals surface area contributed by atoms with Gasteiger partial charge in [0.25, 0.3) is 0 Å². The second kappa shape index (κ2) is 11.6. The number of allylic oxidation sites excluding steroid dienone is 1. The number of amides is 1. The number of benzene rings is 2. The Kier molecular flexibility index (Phi) is 8.54. The van der Waals surface area contributed by atoms with Crippen molar-refractivity contribution in [1.82, 2.24) is 14.8 Å². The zero-order valence-electron chi connectivity index (χ0n) is 19.4. The lowest BCUT2D eigenvalue weighted by Crippen LogP contribution is -2.15. The molecule has 1 unspecified atom stereocenters. The van der Waals surface area contributed by atoms with Crippen LogP contribution in [0.15, 0.2) is 66.3 Å². The highest BCUT2D eigenvalue weighted by molar-refractivity contribution is 7.99. The normalized spacial score (nSPS) is 11.8.